The molecule has 1 fully saturated rings. The quantitative estimate of drug-likeness (QED) is 0.551. The summed E-state index contributed by atoms with van der Waals surface area (Å²) in [5.41, 5.74) is 1.10. The monoisotopic (exact) mass is 321 g/mol. The molecule has 128 valence electrons. The molecule has 2 rings (SSSR count). The van der Waals surface area contributed by atoms with Crippen LogP contribution in [0.15, 0.2) is 17.3 Å². The number of nitrogens with zero attached hydrogens (tertiary/aromatic N) is 5. The molecule has 0 atom stereocenters. The van der Waals surface area contributed by atoms with Gasteiger partial charge in [0.25, 0.3) is 0 Å². The summed E-state index contributed by atoms with van der Waals surface area (Å²) >= 11 is 0. The van der Waals surface area contributed by atoms with Crippen molar-refractivity contribution in [1.29, 1.82) is 0 Å². The summed E-state index contributed by atoms with van der Waals surface area (Å²) in [6, 6.07) is 1.98. The molecule has 0 unspecified atom stereocenters. The van der Waals surface area contributed by atoms with Crippen LogP contribution in [0.4, 0.5) is 0 Å². The average molecular weight is 321 g/mol. The number of piperazine rings is 1. The van der Waals surface area contributed by atoms with Crippen molar-refractivity contribution in [3.8, 4) is 0 Å². The van der Waals surface area contributed by atoms with Gasteiger partial charge < -0.3 is 15.5 Å². The van der Waals surface area contributed by atoms with Crippen LogP contribution in [0.25, 0.3) is 0 Å². The predicted octanol–water partition coefficient (Wildman–Crippen LogP) is -0.751. The zero-order chi connectivity index (χ0) is 16.7. The van der Waals surface area contributed by atoms with Crippen molar-refractivity contribution in [1.82, 2.24) is 30.2 Å². The number of carbonyl (C=O) groups is 1. The maximum absolute atomic E-state index is 11.3. The molecule has 0 aromatic carbocycles. The second kappa shape index (κ2) is 8.52. The van der Waals surface area contributed by atoms with Crippen molar-refractivity contribution in [2.75, 3.05) is 46.3 Å². The van der Waals surface area contributed by atoms with Crippen molar-refractivity contribution < 1.29 is 4.79 Å². The number of rotatable bonds is 5. The smallest absolute Gasteiger partial charge is 0.219 e. The van der Waals surface area contributed by atoms with Crippen molar-refractivity contribution in [3.63, 3.8) is 0 Å². The molecular weight excluding hydrogens is 294 g/mol. The summed E-state index contributed by atoms with van der Waals surface area (Å²) in [6.07, 6.45) is 1.79. The molecule has 0 aliphatic carbocycles. The molecular formula is C15H27N7O. The Labute approximate surface area is 137 Å². The van der Waals surface area contributed by atoms with Gasteiger partial charge >= 0.3 is 0 Å². The van der Waals surface area contributed by atoms with Gasteiger partial charge in [-0.2, -0.15) is 5.10 Å². The lowest BCUT2D eigenvalue weighted by molar-refractivity contribution is -0.130. The minimum Gasteiger partial charge on any atom is -0.355 e. The highest BCUT2D eigenvalue weighted by atomic mass is 16.2. The number of aryl methyl sites for hydroxylation is 1. The molecule has 0 radical (unpaired) electrons. The van der Waals surface area contributed by atoms with E-state index in [2.05, 4.69) is 25.6 Å². The van der Waals surface area contributed by atoms with Crippen LogP contribution in [0.3, 0.4) is 0 Å². The van der Waals surface area contributed by atoms with Crippen molar-refractivity contribution in [2.45, 2.75) is 13.5 Å². The van der Waals surface area contributed by atoms with Crippen molar-refractivity contribution in [3.05, 3.63) is 18.0 Å². The zero-order valence-corrected chi connectivity index (χ0v) is 14.2. The Bertz CT molecular complexity index is 532. The van der Waals surface area contributed by atoms with Crippen LogP contribution in [0, 0.1) is 0 Å². The highest BCUT2D eigenvalue weighted by molar-refractivity contribution is 5.79. The van der Waals surface area contributed by atoms with E-state index in [0.29, 0.717) is 6.54 Å². The Morgan fingerprint density at radius 2 is 2.04 bits per heavy atom. The first kappa shape index (κ1) is 17.3. The molecule has 1 saturated heterocycles. The van der Waals surface area contributed by atoms with Gasteiger partial charge in [0, 0.05) is 66.5 Å². The normalized spacial score (nSPS) is 16.5. The molecule has 8 nitrogen and oxygen atoms in total. The molecule has 23 heavy (non-hydrogen) atoms. The van der Waals surface area contributed by atoms with Crippen molar-refractivity contribution >= 4 is 11.9 Å². The van der Waals surface area contributed by atoms with Gasteiger partial charge in [0.05, 0.1) is 12.2 Å². The highest BCUT2D eigenvalue weighted by Gasteiger charge is 2.17. The van der Waals surface area contributed by atoms with E-state index in [0.717, 1.165) is 50.9 Å². The summed E-state index contributed by atoms with van der Waals surface area (Å²) in [5, 5.41) is 10.7. The SMILES string of the molecule is CN=C(NCCN1CCN(C(C)=O)CC1)NCc1ccnn1C. The third-order valence-corrected chi connectivity index (χ3v) is 4.12. The Morgan fingerprint density at radius 3 is 2.61 bits per heavy atom. The van der Waals surface area contributed by atoms with Crippen LogP contribution >= 0.6 is 0 Å². The Hall–Kier alpha value is -2.09. The number of nitrogens with one attached hydrogen (secondary N) is 2. The van der Waals surface area contributed by atoms with Gasteiger partial charge in [-0.05, 0) is 6.07 Å². The van der Waals surface area contributed by atoms with Crippen LogP contribution in [-0.4, -0.2) is 77.8 Å². The number of aliphatic imine (C=N–C) groups is 1. The zero-order valence-electron chi connectivity index (χ0n) is 14.2. The number of hydrogen-bond acceptors (Lipinski definition) is 4. The first-order valence-corrected chi connectivity index (χ1v) is 7.99. The summed E-state index contributed by atoms with van der Waals surface area (Å²) in [5.74, 6) is 0.955. The third-order valence-electron chi connectivity index (χ3n) is 4.12. The van der Waals surface area contributed by atoms with Gasteiger partial charge in [-0.15, -0.1) is 0 Å². The van der Waals surface area contributed by atoms with Gasteiger partial charge in [0.1, 0.15) is 0 Å². The maximum Gasteiger partial charge on any atom is 0.219 e. The van der Waals surface area contributed by atoms with E-state index in [9.17, 15) is 4.79 Å². The van der Waals surface area contributed by atoms with E-state index in [1.54, 1.807) is 20.2 Å². The second-order valence-corrected chi connectivity index (χ2v) is 5.65. The summed E-state index contributed by atoms with van der Waals surface area (Å²) in [6.45, 7) is 7.60. The van der Waals surface area contributed by atoms with Crippen molar-refractivity contribution in [2.24, 2.45) is 12.0 Å². The van der Waals surface area contributed by atoms with E-state index in [-0.39, 0.29) is 5.91 Å². The fraction of sp³-hybridized carbons (Fsp3) is 0.667. The fourth-order valence-corrected chi connectivity index (χ4v) is 2.59. The lowest BCUT2D eigenvalue weighted by atomic mass is 10.3. The Morgan fingerprint density at radius 1 is 1.30 bits per heavy atom. The second-order valence-electron chi connectivity index (χ2n) is 5.65. The van der Waals surface area contributed by atoms with Gasteiger partial charge in [-0.25, -0.2) is 0 Å². The standard InChI is InChI=1S/C15H27N7O/c1-13(23)22-10-8-21(9-11-22)7-6-17-15(16-2)18-12-14-4-5-19-20(14)3/h4-5H,6-12H2,1-3H3,(H2,16,17,18). The minimum atomic E-state index is 0.169. The van der Waals surface area contributed by atoms with E-state index >= 15 is 0 Å². The lowest BCUT2D eigenvalue weighted by Gasteiger charge is -2.34. The molecule has 0 spiro atoms. The minimum absolute atomic E-state index is 0.169. The Balaban J connectivity index is 1.64. The van der Waals surface area contributed by atoms with E-state index in [1.165, 1.54) is 0 Å². The van der Waals surface area contributed by atoms with Crippen LogP contribution in [0.5, 0.6) is 0 Å². The molecule has 1 amide bonds. The number of guanidine groups is 1. The lowest BCUT2D eigenvalue weighted by Crippen LogP contribution is -2.50. The molecule has 1 aromatic heterocycles. The number of hydrogen-bond donors (Lipinski definition) is 2. The van der Waals surface area contributed by atoms with Crippen LogP contribution in [0.2, 0.25) is 0 Å². The molecule has 8 heteroatoms. The molecule has 0 saturated carbocycles. The largest absolute Gasteiger partial charge is 0.355 e. The number of amides is 1. The summed E-state index contributed by atoms with van der Waals surface area (Å²) < 4.78 is 1.84. The number of aromatic nitrogens is 2. The van der Waals surface area contributed by atoms with Crippen LogP contribution in [-0.2, 0) is 18.4 Å². The predicted molar refractivity (Wildman–Crippen MR) is 90.1 cm³/mol. The molecule has 2 N–H and O–H groups in total. The van der Waals surface area contributed by atoms with Gasteiger partial charge in [-0.3, -0.25) is 19.4 Å². The molecule has 2 heterocycles. The highest BCUT2D eigenvalue weighted by Crippen LogP contribution is 2.01. The molecule has 1 aliphatic rings. The van der Waals surface area contributed by atoms with Gasteiger partial charge in [-0.1, -0.05) is 0 Å². The molecule has 1 aliphatic heterocycles. The fourth-order valence-electron chi connectivity index (χ4n) is 2.59. The molecule has 0 bridgehead atoms. The summed E-state index contributed by atoms with van der Waals surface area (Å²) in [7, 11) is 3.69. The topological polar surface area (TPSA) is 77.8 Å². The van der Waals surface area contributed by atoms with Gasteiger partial charge in [0.2, 0.25) is 5.91 Å². The summed E-state index contributed by atoms with van der Waals surface area (Å²) in [4.78, 5) is 19.8. The first-order valence-electron chi connectivity index (χ1n) is 7.99. The van der Waals surface area contributed by atoms with Crippen LogP contribution in [0.1, 0.15) is 12.6 Å². The third kappa shape index (κ3) is 5.24. The maximum atomic E-state index is 11.3. The first-order chi connectivity index (χ1) is 11.1. The van der Waals surface area contributed by atoms with E-state index in [1.807, 2.05) is 22.7 Å². The average Bonchev–Trinajstić information content (AvgIpc) is 2.96. The van der Waals surface area contributed by atoms with E-state index < -0.39 is 0 Å². The Kier molecular flexibility index (Phi) is 6.40. The van der Waals surface area contributed by atoms with Crippen LogP contribution < -0.4 is 10.6 Å². The van der Waals surface area contributed by atoms with E-state index in [4.69, 9.17) is 0 Å². The van der Waals surface area contributed by atoms with Gasteiger partial charge in [0.15, 0.2) is 5.96 Å². The number of carbonyl (C=O) groups excluding carboxylic acids is 1. The molecule has 1 aromatic rings.